The largest absolute Gasteiger partial charge is 0.333 e. The van der Waals surface area contributed by atoms with Crippen molar-refractivity contribution >= 4 is 16.8 Å². The Hall–Kier alpha value is -3.10. The van der Waals surface area contributed by atoms with Crippen molar-refractivity contribution in [2.45, 2.75) is 44.4 Å². The van der Waals surface area contributed by atoms with Crippen LogP contribution in [-0.4, -0.2) is 42.2 Å². The molecular formula is C19H17F2N5O2. The summed E-state index contributed by atoms with van der Waals surface area (Å²) < 4.78 is 27.7. The van der Waals surface area contributed by atoms with Gasteiger partial charge in [0.25, 0.3) is 11.5 Å². The lowest BCUT2D eigenvalue weighted by molar-refractivity contribution is 0.0541. The van der Waals surface area contributed by atoms with Crippen LogP contribution >= 0.6 is 0 Å². The number of alkyl halides is 2. The third-order valence-corrected chi connectivity index (χ3v) is 5.63. The molecule has 2 aliphatic rings. The van der Waals surface area contributed by atoms with Gasteiger partial charge in [-0.2, -0.15) is 13.9 Å². The lowest BCUT2D eigenvalue weighted by Crippen LogP contribution is -2.42. The second-order valence-electron chi connectivity index (χ2n) is 7.22. The predicted octanol–water partition coefficient (Wildman–Crippen LogP) is 2.22. The Labute approximate surface area is 158 Å². The first kappa shape index (κ1) is 17.0. The van der Waals surface area contributed by atoms with E-state index in [1.54, 1.807) is 27.7 Å². The highest BCUT2D eigenvalue weighted by atomic mass is 19.3. The van der Waals surface area contributed by atoms with E-state index in [1.165, 1.54) is 6.07 Å². The quantitative estimate of drug-likeness (QED) is 0.678. The number of halogens is 2. The van der Waals surface area contributed by atoms with E-state index in [4.69, 9.17) is 0 Å². The van der Waals surface area contributed by atoms with Crippen molar-refractivity contribution in [2.75, 3.05) is 0 Å². The lowest BCUT2D eigenvalue weighted by Gasteiger charge is -2.27. The number of amides is 1. The standard InChI is InChI=1S/C19H17F2N5O2/c20-19(21)25-8-7-15(23-25)18(28)26-11-5-6-12(26)10-24-16(9-11)22-14-4-2-1-3-13(14)17(24)27/h1-4,7-8,11-12,19H,5-6,9-10H2/t11-,12+/m0/s1. The molecule has 0 radical (unpaired) electrons. The molecule has 1 fully saturated rings. The maximum absolute atomic E-state index is 13.0. The van der Waals surface area contributed by atoms with Gasteiger partial charge in [0.15, 0.2) is 5.69 Å². The maximum Gasteiger partial charge on any atom is 0.333 e. The molecule has 4 heterocycles. The molecule has 2 atom stereocenters. The van der Waals surface area contributed by atoms with Gasteiger partial charge in [0, 0.05) is 25.2 Å². The van der Waals surface area contributed by atoms with E-state index in [0.717, 1.165) is 19.0 Å². The molecule has 0 spiro atoms. The smallest absolute Gasteiger partial charge is 0.329 e. The SMILES string of the molecule is O=C(c1ccn(C(F)F)n1)N1[C@@H]2CC[C@H]1Cc1nc3ccccc3c(=O)n1C2. The first-order valence-corrected chi connectivity index (χ1v) is 9.17. The Bertz CT molecular complexity index is 1140. The minimum Gasteiger partial charge on any atom is -0.329 e. The lowest BCUT2D eigenvalue weighted by atomic mass is 10.1. The van der Waals surface area contributed by atoms with Crippen molar-refractivity contribution < 1.29 is 13.6 Å². The number of fused-ring (bicyclic) bond motifs is 4. The molecule has 3 aromatic rings. The van der Waals surface area contributed by atoms with Crippen molar-refractivity contribution in [1.29, 1.82) is 0 Å². The molecule has 144 valence electrons. The van der Waals surface area contributed by atoms with Crippen LogP contribution in [0.25, 0.3) is 10.9 Å². The van der Waals surface area contributed by atoms with Gasteiger partial charge in [0.2, 0.25) is 0 Å². The van der Waals surface area contributed by atoms with E-state index >= 15 is 0 Å². The van der Waals surface area contributed by atoms with Crippen LogP contribution < -0.4 is 5.56 Å². The van der Waals surface area contributed by atoms with Gasteiger partial charge >= 0.3 is 6.55 Å². The van der Waals surface area contributed by atoms with Gasteiger partial charge in [-0.15, -0.1) is 0 Å². The summed E-state index contributed by atoms with van der Waals surface area (Å²) >= 11 is 0. The van der Waals surface area contributed by atoms with Crippen LogP contribution in [0, 0.1) is 0 Å². The van der Waals surface area contributed by atoms with Gasteiger partial charge in [-0.1, -0.05) is 12.1 Å². The number of hydrogen-bond acceptors (Lipinski definition) is 4. The molecule has 9 heteroatoms. The average molecular weight is 385 g/mol. The van der Waals surface area contributed by atoms with E-state index < -0.39 is 6.55 Å². The molecule has 0 aliphatic carbocycles. The summed E-state index contributed by atoms with van der Waals surface area (Å²) in [4.78, 5) is 32.3. The minimum absolute atomic E-state index is 0.00590. The fraction of sp³-hybridized carbons (Fsp3) is 0.368. The molecule has 0 unspecified atom stereocenters. The zero-order valence-corrected chi connectivity index (χ0v) is 14.8. The second kappa shape index (κ2) is 6.22. The van der Waals surface area contributed by atoms with E-state index in [9.17, 15) is 18.4 Å². The van der Waals surface area contributed by atoms with Crippen LogP contribution in [0.2, 0.25) is 0 Å². The zero-order valence-electron chi connectivity index (χ0n) is 14.8. The Morgan fingerprint density at radius 1 is 1.14 bits per heavy atom. The Morgan fingerprint density at radius 2 is 1.93 bits per heavy atom. The molecular weight excluding hydrogens is 368 g/mol. The monoisotopic (exact) mass is 385 g/mol. The predicted molar refractivity (Wildman–Crippen MR) is 96.2 cm³/mol. The van der Waals surface area contributed by atoms with E-state index in [2.05, 4.69) is 10.1 Å². The second-order valence-corrected chi connectivity index (χ2v) is 7.22. The van der Waals surface area contributed by atoms with Gasteiger partial charge in [-0.05, 0) is 31.0 Å². The summed E-state index contributed by atoms with van der Waals surface area (Å²) in [7, 11) is 0. The van der Waals surface area contributed by atoms with Crippen molar-refractivity contribution in [1.82, 2.24) is 24.2 Å². The topological polar surface area (TPSA) is 73.0 Å². The van der Waals surface area contributed by atoms with Gasteiger partial charge < -0.3 is 4.90 Å². The van der Waals surface area contributed by atoms with E-state index in [1.807, 2.05) is 6.07 Å². The summed E-state index contributed by atoms with van der Waals surface area (Å²) in [6.07, 6.45) is 3.10. The minimum atomic E-state index is -2.79. The molecule has 7 nitrogen and oxygen atoms in total. The maximum atomic E-state index is 13.0. The number of aromatic nitrogens is 4. The van der Waals surface area contributed by atoms with Crippen molar-refractivity contribution in [3.05, 3.63) is 58.4 Å². The summed E-state index contributed by atoms with van der Waals surface area (Å²) in [5.41, 5.74) is 0.529. The fourth-order valence-electron chi connectivity index (χ4n) is 4.35. The van der Waals surface area contributed by atoms with Crippen molar-refractivity contribution in [3.8, 4) is 0 Å². The molecule has 0 saturated carbocycles. The summed E-state index contributed by atoms with van der Waals surface area (Å²) in [5, 5.41) is 4.27. The van der Waals surface area contributed by atoms with Crippen LogP contribution in [0.4, 0.5) is 8.78 Å². The number of para-hydroxylation sites is 1. The van der Waals surface area contributed by atoms with Crippen LogP contribution in [0.3, 0.4) is 0 Å². The summed E-state index contributed by atoms with van der Waals surface area (Å²) in [6, 6.07) is 8.19. The van der Waals surface area contributed by atoms with Crippen LogP contribution in [0.1, 0.15) is 35.7 Å². The fourth-order valence-corrected chi connectivity index (χ4v) is 4.35. The Kier molecular flexibility index (Phi) is 3.78. The number of benzene rings is 1. The van der Waals surface area contributed by atoms with Crippen molar-refractivity contribution in [3.63, 3.8) is 0 Å². The molecule has 0 N–H and O–H groups in total. The van der Waals surface area contributed by atoms with Crippen LogP contribution in [0.5, 0.6) is 0 Å². The molecule has 28 heavy (non-hydrogen) atoms. The molecule has 5 rings (SSSR count). The normalized spacial score (nSPS) is 21.2. The van der Waals surface area contributed by atoms with Gasteiger partial charge in [-0.3, -0.25) is 14.2 Å². The molecule has 1 saturated heterocycles. The highest BCUT2D eigenvalue weighted by Gasteiger charge is 2.41. The van der Waals surface area contributed by atoms with Crippen molar-refractivity contribution in [2.24, 2.45) is 0 Å². The number of carbonyl (C=O) groups is 1. The number of nitrogens with zero attached hydrogens (tertiary/aromatic N) is 5. The number of carbonyl (C=O) groups excluding carboxylic acids is 1. The molecule has 2 aromatic heterocycles. The highest BCUT2D eigenvalue weighted by molar-refractivity contribution is 5.93. The van der Waals surface area contributed by atoms with Gasteiger partial charge in [-0.25, -0.2) is 9.67 Å². The first-order valence-electron chi connectivity index (χ1n) is 9.17. The number of hydrogen-bond donors (Lipinski definition) is 0. The summed E-state index contributed by atoms with van der Waals surface area (Å²) in [5.74, 6) is 0.282. The molecule has 2 bridgehead atoms. The Balaban J connectivity index is 1.53. The Morgan fingerprint density at radius 3 is 2.71 bits per heavy atom. The molecule has 1 aromatic carbocycles. The van der Waals surface area contributed by atoms with Gasteiger partial charge in [0.05, 0.1) is 16.9 Å². The average Bonchev–Trinajstić information content (AvgIpc) is 3.27. The van der Waals surface area contributed by atoms with Gasteiger partial charge in [0.1, 0.15) is 5.82 Å². The zero-order chi connectivity index (χ0) is 19.4. The third kappa shape index (κ3) is 2.53. The highest BCUT2D eigenvalue weighted by Crippen LogP contribution is 2.32. The van der Waals surface area contributed by atoms with E-state index in [0.29, 0.717) is 34.4 Å². The molecule has 2 aliphatic heterocycles. The van der Waals surface area contributed by atoms with E-state index in [-0.39, 0.29) is 29.2 Å². The third-order valence-electron chi connectivity index (χ3n) is 5.63. The van der Waals surface area contributed by atoms with Crippen LogP contribution in [-0.2, 0) is 13.0 Å². The summed E-state index contributed by atoms with van der Waals surface area (Å²) in [6.45, 7) is -2.44. The van der Waals surface area contributed by atoms with Crippen LogP contribution in [0.15, 0.2) is 41.3 Å². The first-order chi connectivity index (χ1) is 13.5. The molecule has 1 amide bonds. The number of rotatable bonds is 2.